The van der Waals surface area contributed by atoms with Crippen molar-refractivity contribution in [2.75, 3.05) is 6.54 Å². The van der Waals surface area contributed by atoms with Gasteiger partial charge in [-0.25, -0.2) is 9.90 Å². The van der Waals surface area contributed by atoms with Gasteiger partial charge in [0.2, 0.25) is 6.29 Å². The third-order valence-electron chi connectivity index (χ3n) is 5.30. The number of carbonyl (C=O) groups is 1. The number of hydrogen-bond acceptors (Lipinski definition) is 3. The molecule has 1 fully saturated rings. The van der Waals surface area contributed by atoms with Crippen LogP contribution in [0, 0.1) is 0 Å². The fourth-order valence-electron chi connectivity index (χ4n) is 3.95. The average molecular weight is 383 g/mol. The van der Waals surface area contributed by atoms with Crippen LogP contribution < -0.4 is 0 Å². The summed E-state index contributed by atoms with van der Waals surface area (Å²) in [7, 11) is 0. The SMILES string of the molecule is C[C@@H]1CN(C(=O)c2ccccc2)O[C@H](c2c3ccccc3cc3ccccc23)O1. The van der Waals surface area contributed by atoms with Crippen LogP contribution in [0.5, 0.6) is 0 Å². The number of nitrogens with zero attached hydrogens (tertiary/aromatic N) is 1. The molecule has 0 bridgehead atoms. The lowest BCUT2D eigenvalue weighted by Crippen LogP contribution is -2.44. The maximum Gasteiger partial charge on any atom is 0.277 e. The van der Waals surface area contributed by atoms with Crippen LogP contribution in [0.1, 0.15) is 29.1 Å². The van der Waals surface area contributed by atoms with E-state index < -0.39 is 6.29 Å². The Hall–Kier alpha value is -3.21. The molecule has 144 valence electrons. The molecule has 1 aliphatic heterocycles. The number of carbonyl (C=O) groups excluding carboxylic acids is 1. The van der Waals surface area contributed by atoms with Crippen LogP contribution >= 0.6 is 0 Å². The molecule has 0 N–H and O–H groups in total. The van der Waals surface area contributed by atoms with Crippen molar-refractivity contribution < 1.29 is 14.4 Å². The van der Waals surface area contributed by atoms with E-state index in [0.29, 0.717) is 12.1 Å². The number of benzene rings is 4. The molecule has 0 radical (unpaired) electrons. The van der Waals surface area contributed by atoms with Gasteiger partial charge in [-0.2, -0.15) is 0 Å². The first-order valence-electron chi connectivity index (χ1n) is 9.80. The average Bonchev–Trinajstić information content (AvgIpc) is 2.77. The molecule has 0 aliphatic carbocycles. The second-order valence-corrected chi connectivity index (χ2v) is 7.35. The first-order chi connectivity index (χ1) is 14.2. The second-order valence-electron chi connectivity index (χ2n) is 7.35. The minimum absolute atomic E-state index is 0.154. The van der Waals surface area contributed by atoms with Crippen molar-refractivity contribution in [3.63, 3.8) is 0 Å². The van der Waals surface area contributed by atoms with Crippen molar-refractivity contribution in [1.29, 1.82) is 0 Å². The van der Waals surface area contributed by atoms with Crippen LogP contribution in [0.3, 0.4) is 0 Å². The number of rotatable bonds is 2. The zero-order valence-corrected chi connectivity index (χ0v) is 16.1. The van der Waals surface area contributed by atoms with Gasteiger partial charge in [0.15, 0.2) is 0 Å². The molecule has 4 aromatic rings. The van der Waals surface area contributed by atoms with E-state index in [0.717, 1.165) is 27.1 Å². The van der Waals surface area contributed by atoms with E-state index in [1.54, 1.807) is 12.1 Å². The van der Waals surface area contributed by atoms with Gasteiger partial charge in [-0.05, 0) is 46.7 Å². The molecule has 1 heterocycles. The van der Waals surface area contributed by atoms with Crippen LogP contribution in [0.2, 0.25) is 0 Å². The molecule has 0 aromatic heterocycles. The Labute approximate surface area is 169 Å². The van der Waals surface area contributed by atoms with E-state index in [1.165, 1.54) is 5.06 Å². The first kappa shape index (κ1) is 17.9. The van der Waals surface area contributed by atoms with Crippen molar-refractivity contribution >= 4 is 27.5 Å². The topological polar surface area (TPSA) is 38.8 Å². The molecule has 5 rings (SSSR count). The Morgan fingerprint density at radius 3 is 2.10 bits per heavy atom. The highest BCUT2D eigenvalue weighted by Crippen LogP contribution is 2.37. The zero-order chi connectivity index (χ0) is 19.8. The van der Waals surface area contributed by atoms with Gasteiger partial charge in [0.25, 0.3) is 5.91 Å². The number of amides is 1. The van der Waals surface area contributed by atoms with E-state index in [2.05, 4.69) is 30.3 Å². The predicted molar refractivity (Wildman–Crippen MR) is 113 cm³/mol. The zero-order valence-electron chi connectivity index (χ0n) is 16.1. The monoisotopic (exact) mass is 383 g/mol. The molecule has 4 nitrogen and oxygen atoms in total. The maximum absolute atomic E-state index is 13.0. The fourth-order valence-corrected chi connectivity index (χ4v) is 3.95. The second kappa shape index (κ2) is 7.32. The molecule has 4 aromatic carbocycles. The number of fused-ring (bicyclic) bond motifs is 2. The van der Waals surface area contributed by atoms with Crippen molar-refractivity contribution in [2.24, 2.45) is 0 Å². The molecule has 0 saturated carbocycles. The Kier molecular flexibility index (Phi) is 4.51. The first-order valence-corrected chi connectivity index (χ1v) is 9.80. The summed E-state index contributed by atoms with van der Waals surface area (Å²) in [5, 5.41) is 5.81. The van der Waals surface area contributed by atoms with E-state index in [9.17, 15) is 4.79 Å². The van der Waals surface area contributed by atoms with Gasteiger partial charge in [-0.3, -0.25) is 4.79 Å². The van der Waals surface area contributed by atoms with Gasteiger partial charge >= 0.3 is 0 Å². The van der Waals surface area contributed by atoms with Gasteiger partial charge in [-0.1, -0.05) is 66.7 Å². The molecule has 1 aliphatic rings. The van der Waals surface area contributed by atoms with E-state index in [1.807, 2.05) is 49.4 Å². The summed E-state index contributed by atoms with van der Waals surface area (Å²) in [5.41, 5.74) is 1.55. The summed E-state index contributed by atoms with van der Waals surface area (Å²) in [6, 6.07) is 27.8. The molecular formula is C25H21NO3. The molecule has 4 heteroatoms. The minimum Gasteiger partial charge on any atom is -0.341 e. The molecule has 0 unspecified atom stereocenters. The summed E-state index contributed by atoms with van der Waals surface area (Å²) < 4.78 is 6.19. The Bertz CT molecular complexity index is 1130. The van der Waals surface area contributed by atoms with Crippen molar-refractivity contribution in [3.05, 3.63) is 96.1 Å². The summed E-state index contributed by atoms with van der Waals surface area (Å²) in [4.78, 5) is 19.1. The lowest BCUT2D eigenvalue weighted by atomic mass is 9.96. The van der Waals surface area contributed by atoms with E-state index >= 15 is 0 Å². The molecular weight excluding hydrogens is 362 g/mol. The summed E-state index contributed by atoms with van der Waals surface area (Å²) in [6.45, 7) is 2.35. The predicted octanol–water partition coefficient (Wildman–Crippen LogP) is 5.48. The van der Waals surface area contributed by atoms with Gasteiger partial charge in [0.05, 0.1) is 12.6 Å². The molecule has 0 spiro atoms. The highest BCUT2D eigenvalue weighted by atomic mass is 16.8. The van der Waals surface area contributed by atoms with Crippen molar-refractivity contribution in [1.82, 2.24) is 5.06 Å². The van der Waals surface area contributed by atoms with E-state index in [-0.39, 0.29) is 12.0 Å². The Morgan fingerprint density at radius 2 is 1.45 bits per heavy atom. The molecule has 2 atom stereocenters. The maximum atomic E-state index is 13.0. The normalized spacial score (nSPS) is 19.6. The van der Waals surface area contributed by atoms with Gasteiger partial charge in [0.1, 0.15) is 0 Å². The van der Waals surface area contributed by atoms with Crippen LogP contribution in [-0.4, -0.2) is 23.6 Å². The summed E-state index contributed by atoms with van der Waals surface area (Å²) in [5.74, 6) is -0.157. The number of hydroxylamine groups is 2. The lowest BCUT2D eigenvalue weighted by molar-refractivity contribution is -0.319. The van der Waals surface area contributed by atoms with Gasteiger partial charge < -0.3 is 4.74 Å². The summed E-state index contributed by atoms with van der Waals surface area (Å²) in [6.07, 6.45) is -0.818. The Morgan fingerprint density at radius 1 is 0.862 bits per heavy atom. The standard InChI is InChI=1S/C25H21NO3/c1-17-16-26(24(27)18-9-3-2-4-10-18)29-25(28-17)23-21-13-7-5-11-19(21)15-20-12-6-8-14-22(20)23/h2-15,17,25H,16H2,1H3/t17-,25-/m1/s1. The minimum atomic E-state index is -0.664. The summed E-state index contributed by atoms with van der Waals surface area (Å²) >= 11 is 0. The highest BCUT2D eigenvalue weighted by Gasteiger charge is 2.33. The van der Waals surface area contributed by atoms with Crippen LogP contribution in [0.15, 0.2) is 84.9 Å². The third kappa shape index (κ3) is 3.27. The molecule has 29 heavy (non-hydrogen) atoms. The third-order valence-corrected chi connectivity index (χ3v) is 5.30. The van der Waals surface area contributed by atoms with Gasteiger partial charge in [-0.15, -0.1) is 0 Å². The largest absolute Gasteiger partial charge is 0.341 e. The smallest absolute Gasteiger partial charge is 0.277 e. The van der Waals surface area contributed by atoms with Crippen LogP contribution in [-0.2, 0) is 9.57 Å². The number of hydrogen-bond donors (Lipinski definition) is 0. The van der Waals surface area contributed by atoms with Crippen LogP contribution in [0.25, 0.3) is 21.5 Å². The fraction of sp³-hybridized carbons (Fsp3) is 0.160. The van der Waals surface area contributed by atoms with Crippen LogP contribution in [0.4, 0.5) is 0 Å². The van der Waals surface area contributed by atoms with Crippen molar-refractivity contribution in [2.45, 2.75) is 19.3 Å². The Balaban J connectivity index is 1.61. The van der Waals surface area contributed by atoms with Gasteiger partial charge in [0, 0.05) is 11.1 Å². The van der Waals surface area contributed by atoms with Crippen molar-refractivity contribution in [3.8, 4) is 0 Å². The van der Waals surface area contributed by atoms with E-state index in [4.69, 9.17) is 9.57 Å². The lowest BCUT2D eigenvalue weighted by Gasteiger charge is -2.36. The number of ether oxygens (including phenoxy) is 1. The quantitative estimate of drug-likeness (QED) is 0.430. The molecule has 1 saturated heterocycles. The molecule has 1 amide bonds. The highest BCUT2D eigenvalue weighted by molar-refractivity contribution is 6.02.